The van der Waals surface area contributed by atoms with E-state index in [-0.39, 0.29) is 0 Å². The Hall–Kier alpha value is -7.42. The molecule has 0 N–H and O–H groups in total. The normalized spacial score (nSPS) is 17.4. The fourth-order valence-corrected chi connectivity index (χ4v) is 10.7. The molecule has 0 saturated carbocycles. The highest BCUT2D eigenvalue weighted by Gasteiger charge is 2.58. The van der Waals surface area contributed by atoms with E-state index in [1.165, 1.54) is 55.6 Å². The third kappa shape index (κ3) is 4.27. The molecule has 0 spiro atoms. The highest BCUT2D eigenvalue weighted by molar-refractivity contribution is 6.10. The minimum atomic E-state index is -0.727. The lowest BCUT2D eigenvalue weighted by Gasteiger charge is -2.50. The summed E-state index contributed by atoms with van der Waals surface area (Å²) in [5.41, 5.74) is 16.4. The molecule has 0 aliphatic heterocycles. The van der Waals surface area contributed by atoms with E-state index in [0.717, 1.165) is 39.0 Å². The second-order valence-electron chi connectivity index (χ2n) is 15.5. The first-order chi connectivity index (χ1) is 28.8. The van der Waals surface area contributed by atoms with E-state index in [9.17, 15) is 0 Å². The lowest BCUT2D eigenvalue weighted by Crippen LogP contribution is -2.44. The second-order valence-corrected chi connectivity index (χ2v) is 15.5. The highest BCUT2D eigenvalue weighted by Crippen LogP contribution is 2.66. The third-order valence-electron chi connectivity index (χ3n) is 12.8. The van der Waals surface area contributed by atoms with Crippen LogP contribution in [0.2, 0.25) is 0 Å². The number of nitrogens with zero attached hydrogens (tertiary/aromatic N) is 1. The molecule has 2 nitrogen and oxygen atoms in total. The van der Waals surface area contributed by atoms with E-state index in [4.69, 9.17) is 4.42 Å². The molecule has 12 rings (SSSR count). The van der Waals surface area contributed by atoms with Crippen LogP contribution in [0.15, 0.2) is 229 Å². The summed E-state index contributed by atoms with van der Waals surface area (Å²) in [6.07, 6.45) is 0. The highest BCUT2D eigenvalue weighted by atomic mass is 16.3. The molecular weight excluding hydrogens is 703 g/mol. The first kappa shape index (κ1) is 32.8. The Kier molecular flexibility index (Phi) is 7.09. The van der Waals surface area contributed by atoms with E-state index in [1.807, 2.05) is 6.07 Å². The first-order valence-corrected chi connectivity index (χ1v) is 20.1. The van der Waals surface area contributed by atoms with Crippen LogP contribution in [0.1, 0.15) is 44.5 Å². The van der Waals surface area contributed by atoms with Crippen molar-refractivity contribution in [3.05, 3.63) is 269 Å². The quantitative estimate of drug-likeness (QED) is 0.169. The van der Waals surface area contributed by atoms with E-state index >= 15 is 0 Å². The van der Waals surface area contributed by atoms with Gasteiger partial charge in [0.25, 0.3) is 0 Å². The molecule has 2 atom stereocenters. The van der Waals surface area contributed by atoms with E-state index < -0.39 is 10.8 Å². The topological polar surface area (TPSA) is 16.4 Å². The van der Waals surface area contributed by atoms with Crippen molar-refractivity contribution in [3.8, 4) is 11.1 Å². The maximum absolute atomic E-state index is 6.81. The molecule has 2 aliphatic carbocycles. The molecule has 2 unspecified atom stereocenters. The molecule has 2 aliphatic rings. The van der Waals surface area contributed by atoms with Crippen LogP contribution >= 0.6 is 0 Å². The summed E-state index contributed by atoms with van der Waals surface area (Å²) < 4.78 is 6.81. The predicted octanol–water partition coefficient (Wildman–Crippen LogP) is 14.1. The maximum atomic E-state index is 6.81. The van der Waals surface area contributed by atoms with Gasteiger partial charge in [-0.15, -0.1) is 0 Å². The smallest absolute Gasteiger partial charge is 0.159 e. The fraction of sp³-hybridized carbons (Fsp3) is 0.0357. The Morgan fingerprint density at radius 2 is 0.828 bits per heavy atom. The molecule has 0 amide bonds. The van der Waals surface area contributed by atoms with Crippen molar-refractivity contribution in [2.45, 2.75) is 10.8 Å². The zero-order valence-electron chi connectivity index (χ0n) is 31.7. The zero-order valence-corrected chi connectivity index (χ0v) is 31.7. The first-order valence-electron chi connectivity index (χ1n) is 20.1. The molecule has 58 heavy (non-hydrogen) atoms. The van der Waals surface area contributed by atoms with Crippen molar-refractivity contribution in [1.82, 2.24) is 0 Å². The van der Waals surface area contributed by atoms with E-state index in [0.29, 0.717) is 0 Å². The Bertz CT molecular complexity index is 3180. The van der Waals surface area contributed by atoms with Crippen molar-refractivity contribution in [3.63, 3.8) is 0 Å². The number of benzene rings is 9. The molecule has 0 bridgehead atoms. The summed E-state index contributed by atoms with van der Waals surface area (Å²) in [5, 5.41) is 2.21. The summed E-state index contributed by atoms with van der Waals surface area (Å²) in [7, 11) is 0. The van der Waals surface area contributed by atoms with Gasteiger partial charge in [0.05, 0.1) is 22.2 Å². The van der Waals surface area contributed by atoms with Crippen LogP contribution in [-0.2, 0) is 10.8 Å². The van der Waals surface area contributed by atoms with Crippen LogP contribution in [0.3, 0.4) is 0 Å². The van der Waals surface area contributed by atoms with Crippen LogP contribution < -0.4 is 4.90 Å². The number of rotatable bonds is 6. The van der Waals surface area contributed by atoms with Crippen molar-refractivity contribution in [1.29, 1.82) is 0 Å². The molecule has 0 fully saturated rings. The third-order valence-corrected chi connectivity index (χ3v) is 12.8. The minimum Gasteiger partial charge on any atom is -0.454 e. The summed E-state index contributed by atoms with van der Waals surface area (Å²) >= 11 is 0. The number of hydrogen-bond donors (Lipinski definition) is 0. The van der Waals surface area contributed by atoms with Crippen LogP contribution in [0, 0.1) is 0 Å². The Labute approximate surface area is 337 Å². The van der Waals surface area contributed by atoms with Crippen LogP contribution in [0.25, 0.3) is 33.1 Å². The van der Waals surface area contributed by atoms with Gasteiger partial charge in [0.2, 0.25) is 0 Å². The largest absolute Gasteiger partial charge is 0.454 e. The number of furan rings is 1. The number of fused-ring (bicyclic) bond motifs is 8. The number of hydrogen-bond acceptors (Lipinski definition) is 2. The molecule has 0 saturated heterocycles. The van der Waals surface area contributed by atoms with Gasteiger partial charge in [-0.05, 0) is 86.0 Å². The Morgan fingerprint density at radius 3 is 1.59 bits per heavy atom. The van der Waals surface area contributed by atoms with Crippen LogP contribution in [-0.4, -0.2) is 0 Å². The van der Waals surface area contributed by atoms with Crippen molar-refractivity contribution in [2.24, 2.45) is 0 Å². The van der Waals surface area contributed by atoms with Crippen LogP contribution in [0.4, 0.5) is 17.1 Å². The van der Waals surface area contributed by atoms with Crippen LogP contribution in [0.5, 0.6) is 0 Å². The van der Waals surface area contributed by atoms with Gasteiger partial charge in [0.15, 0.2) is 5.58 Å². The van der Waals surface area contributed by atoms with Gasteiger partial charge in [-0.1, -0.05) is 194 Å². The summed E-state index contributed by atoms with van der Waals surface area (Å²) in [6.45, 7) is 0. The van der Waals surface area contributed by atoms with E-state index in [2.05, 4.69) is 223 Å². The van der Waals surface area contributed by atoms with Gasteiger partial charge < -0.3 is 9.32 Å². The second kappa shape index (κ2) is 12.5. The molecule has 9 aromatic carbocycles. The van der Waals surface area contributed by atoms with Gasteiger partial charge in [0.1, 0.15) is 5.58 Å². The molecule has 10 aromatic rings. The number of para-hydroxylation sites is 4. The lowest BCUT2D eigenvalue weighted by molar-refractivity contribution is 0.627. The molecular formula is C56H37NO. The average Bonchev–Trinajstić information content (AvgIpc) is 3.84. The molecule has 272 valence electrons. The van der Waals surface area contributed by atoms with E-state index in [1.54, 1.807) is 0 Å². The summed E-state index contributed by atoms with van der Waals surface area (Å²) in [6, 6.07) is 82.5. The van der Waals surface area contributed by atoms with Gasteiger partial charge in [-0.3, -0.25) is 0 Å². The lowest BCUT2D eigenvalue weighted by atomic mass is 9.51. The Balaban J connectivity index is 1.25. The summed E-state index contributed by atoms with van der Waals surface area (Å²) in [4.78, 5) is 2.42. The van der Waals surface area contributed by atoms with Gasteiger partial charge in [-0.25, -0.2) is 0 Å². The minimum absolute atomic E-state index is 0.521. The number of anilines is 3. The predicted molar refractivity (Wildman–Crippen MR) is 238 cm³/mol. The zero-order chi connectivity index (χ0) is 38.3. The van der Waals surface area contributed by atoms with Crippen molar-refractivity contribution >= 4 is 39.0 Å². The standard InChI is InChI=1S/C56H37NO/c1-4-20-38(21-5-1)55(46-31-13-14-32-47(46)56(39-22-6-2-7-23-39)45-30-12-10-26-41(45)43-28-18-34-49(55)53(43)56)48-33-15-16-35-50(48)57(40-24-8-3-9-25-40)51-36-19-29-44-42-27-11-17-37-52(42)58-54(44)51/h1-37H. The SMILES string of the molecule is c1ccc(N(c2ccccc2C2(c3ccccc3)c3ccccc3C3(c4ccccc4)c4ccccc4-c4cccc2c43)c2cccc3c2oc2ccccc23)cc1. The van der Waals surface area contributed by atoms with Gasteiger partial charge in [-0.2, -0.15) is 0 Å². The molecule has 1 aromatic heterocycles. The Morgan fingerprint density at radius 1 is 0.328 bits per heavy atom. The van der Waals surface area contributed by atoms with Crippen molar-refractivity contribution in [2.75, 3.05) is 4.90 Å². The molecule has 1 heterocycles. The maximum Gasteiger partial charge on any atom is 0.159 e. The summed E-state index contributed by atoms with van der Waals surface area (Å²) in [5.74, 6) is 0. The average molecular weight is 740 g/mol. The fourth-order valence-electron chi connectivity index (χ4n) is 10.7. The monoisotopic (exact) mass is 739 g/mol. The molecule has 0 radical (unpaired) electrons. The van der Waals surface area contributed by atoms with Gasteiger partial charge >= 0.3 is 0 Å². The van der Waals surface area contributed by atoms with Crippen molar-refractivity contribution < 1.29 is 4.42 Å². The molecule has 2 heteroatoms. The van der Waals surface area contributed by atoms with Gasteiger partial charge in [0, 0.05) is 16.5 Å².